The highest BCUT2D eigenvalue weighted by Gasteiger charge is 2.57. The van der Waals surface area contributed by atoms with Crippen LogP contribution in [-0.4, -0.2) is 123 Å². The third-order valence-corrected chi connectivity index (χ3v) is 6.26. The molecular formula is C29H40O18. The van der Waals surface area contributed by atoms with E-state index in [-0.39, 0.29) is 6.61 Å². The summed E-state index contributed by atoms with van der Waals surface area (Å²) < 4.78 is 61.3. The zero-order valence-corrected chi connectivity index (χ0v) is 27.0. The van der Waals surface area contributed by atoms with Crippen LogP contribution in [0.25, 0.3) is 0 Å². The van der Waals surface area contributed by atoms with Gasteiger partial charge in [0, 0.05) is 48.5 Å². The van der Waals surface area contributed by atoms with Gasteiger partial charge in [-0.3, -0.25) is 33.6 Å². The summed E-state index contributed by atoms with van der Waals surface area (Å²) in [6, 6.07) is 0. The molecule has 0 aromatic carbocycles. The molecule has 0 N–H and O–H groups in total. The molecule has 2 aliphatic heterocycles. The normalized spacial score (nSPS) is 30.1. The van der Waals surface area contributed by atoms with Crippen LogP contribution >= 0.6 is 0 Å². The first kappa shape index (κ1) is 39.1. The highest BCUT2D eigenvalue weighted by molar-refractivity contribution is 5.69. The molecule has 0 aliphatic carbocycles. The molecule has 47 heavy (non-hydrogen) atoms. The summed E-state index contributed by atoms with van der Waals surface area (Å²) in [6.07, 6.45) is -13.9. The minimum atomic E-state index is -1.77. The van der Waals surface area contributed by atoms with E-state index >= 15 is 0 Å². The third kappa shape index (κ3) is 12.2. The van der Waals surface area contributed by atoms with Crippen molar-refractivity contribution in [1.29, 1.82) is 0 Å². The van der Waals surface area contributed by atoms with Gasteiger partial charge in [-0.25, -0.2) is 0 Å². The molecule has 18 nitrogen and oxygen atoms in total. The van der Waals surface area contributed by atoms with Gasteiger partial charge in [0.25, 0.3) is 0 Å². The predicted octanol–water partition coefficient (Wildman–Crippen LogP) is -0.191. The van der Waals surface area contributed by atoms with Gasteiger partial charge in [0.05, 0.1) is 6.61 Å². The Morgan fingerprint density at radius 1 is 0.511 bits per heavy atom. The lowest BCUT2D eigenvalue weighted by Crippen LogP contribution is -2.67. The molecule has 2 rings (SSSR count). The molecule has 10 atom stereocenters. The van der Waals surface area contributed by atoms with Crippen LogP contribution < -0.4 is 0 Å². The number of carbonyl (C=O) groups excluding carboxylic acids is 7. The predicted molar refractivity (Wildman–Crippen MR) is 149 cm³/mol. The molecule has 0 saturated carbocycles. The summed E-state index contributed by atoms with van der Waals surface area (Å²) >= 11 is 0. The van der Waals surface area contributed by atoms with Crippen molar-refractivity contribution < 1.29 is 85.7 Å². The number of ether oxygens (including phenoxy) is 11. The van der Waals surface area contributed by atoms with Gasteiger partial charge in [-0.2, -0.15) is 0 Å². The second-order valence-corrected chi connectivity index (χ2v) is 10.3. The van der Waals surface area contributed by atoms with Crippen LogP contribution in [-0.2, 0) is 85.7 Å². The smallest absolute Gasteiger partial charge is 0.303 e. The van der Waals surface area contributed by atoms with Crippen molar-refractivity contribution in [2.75, 3.05) is 19.8 Å². The van der Waals surface area contributed by atoms with Crippen molar-refractivity contribution in [2.24, 2.45) is 0 Å². The minimum absolute atomic E-state index is 0.110. The highest BCUT2D eigenvalue weighted by atomic mass is 16.8. The van der Waals surface area contributed by atoms with E-state index in [4.69, 9.17) is 52.1 Å². The molecule has 0 aromatic heterocycles. The van der Waals surface area contributed by atoms with Gasteiger partial charge in [0.1, 0.15) is 31.5 Å². The highest BCUT2D eigenvalue weighted by Crippen LogP contribution is 2.35. The first-order valence-electron chi connectivity index (χ1n) is 14.4. The van der Waals surface area contributed by atoms with Gasteiger partial charge >= 0.3 is 41.8 Å². The molecular weight excluding hydrogens is 636 g/mol. The fourth-order valence-corrected chi connectivity index (χ4v) is 4.77. The van der Waals surface area contributed by atoms with E-state index in [2.05, 4.69) is 6.58 Å². The van der Waals surface area contributed by atoms with Gasteiger partial charge in [-0.05, 0) is 0 Å². The van der Waals surface area contributed by atoms with Gasteiger partial charge in [-0.15, -0.1) is 6.58 Å². The van der Waals surface area contributed by atoms with Crippen molar-refractivity contribution in [1.82, 2.24) is 0 Å². The maximum Gasteiger partial charge on any atom is 0.303 e. The zero-order chi connectivity index (χ0) is 35.4. The minimum Gasteiger partial charge on any atom is -0.463 e. The summed E-state index contributed by atoms with van der Waals surface area (Å²) in [5.41, 5.74) is 0. The summed E-state index contributed by atoms with van der Waals surface area (Å²) in [5, 5.41) is 0. The van der Waals surface area contributed by atoms with E-state index in [9.17, 15) is 33.6 Å². The Morgan fingerprint density at radius 2 is 0.872 bits per heavy atom. The molecule has 6 unspecified atom stereocenters. The molecule has 264 valence electrons. The lowest BCUT2D eigenvalue weighted by Gasteiger charge is -2.48. The molecule has 18 heteroatoms. The molecule has 2 fully saturated rings. The van der Waals surface area contributed by atoms with Crippen molar-refractivity contribution >= 4 is 41.8 Å². The summed E-state index contributed by atoms with van der Waals surface area (Å²) in [7, 11) is 0. The fourth-order valence-electron chi connectivity index (χ4n) is 4.77. The van der Waals surface area contributed by atoms with E-state index < -0.39 is 116 Å². The van der Waals surface area contributed by atoms with Gasteiger partial charge in [0.15, 0.2) is 43.1 Å². The van der Waals surface area contributed by atoms with Crippen molar-refractivity contribution in [3.63, 3.8) is 0 Å². The number of rotatable bonds is 14. The van der Waals surface area contributed by atoms with Crippen LogP contribution in [0.5, 0.6) is 0 Å². The Hall–Kier alpha value is -4.13. The first-order valence-corrected chi connectivity index (χ1v) is 14.4. The van der Waals surface area contributed by atoms with Gasteiger partial charge in [-0.1, -0.05) is 6.08 Å². The Balaban J connectivity index is 2.72. The van der Waals surface area contributed by atoms with E-state index in [1.807, 2.05) is 0 Å². The molecule has 0 radical (unpaired) electrons. The van der Waals surface area contributed by atoms with E-state index in [1.54, 1.807) is 0 Å². The number of esters is 7. The molecule has 2 saturated heterocycles. The fraction of sp³-hybridized carbons (Fsp3) is 0.690. The average Bonchev–Trinajstić information content (AvgIpc) is 2.94. The van der Waals surface area contributed by atoms with E-state index in [0.717, 1.165) is 48.5 Å². The Kier molecular flexibility index (Phi) is 15.2. The Labute approximate surface area is 270 Å². The van der Waals surface area contributed by atoms with Crippen LogP contribution in [0.15, 0.2) is 12.7 Å². The second-order valence-electron chi connectivity index (χ2n) is 10.3. The standard InChI is InChI=1S/C29H40O18/c1-9-10-37-28-26(43-18(7)35)25(42-17(6)34)23(21(45-28)12-39-14(3)31)47-29-27(44-19(8)36)24(41-16(5)33)22(40-15(4)32)20(46-29)11-38-13(2)30/h9,20-29H,1,10-12H2,2-8H3/t20?,21?,22-,23-,24?,25?,26?,27?,28-,29-/m1/s1. The Bertz CT molecular complexity index is 1170. The third-order valence-electron chi connectivity index (χ3n) is 6.26. The van der Waals surface area contributed by atoms with Gasteiger partial charge in [0.2, 0.25) is 0 Å². The van der Waals surface area contributed by atoms with Crippen LogP contribution in [0, 0.1) is 0 Å². The van der Waals surface area contributed by atoms with Crippen LogP contribution in [0.2, 0.25) is 0 Å². The van der Waals surface area contributed by atoms with E-state index in [0.29, 0.717) is 0 Å². The number of carbonyl (C=O) groups is 7. The summed E-state index contributed by atoms with van der Waals surface area (Å²) in [5.74, 6) is -5.81. The maximum atomic E-state index is 12.3. The van der Waals surface area contributed by atoms with E-state index in [1.165, 1.54) is 6.08 Å². The monoisotopic (exact) mass is 676 g/mol. The number of hydrogen-bond acceptors (Lipinski definition) is 18. The molecule has 2 heterocycles. The largest absolute Gasteiger partial charge is 0.463 e. The van der Waals surface area contributed by atoms with Crippen LogP contribution in [0.1, 0.15) is 48.5 Å². The molecule has 0 aromatic rings. The second kappa shape index (κ2) is 18.3. The average molecular weight is 677 g/mol. The van der Waals surface area contributed by atoms with Crippen molar-refractivity contribution in [2.45, 2.75) is 110 Å². The topological polar surface area (TPSA) is 221 Å². The SMILES string of the molecule is C=CCO[C@@H]1OC(COC(C)=O)[C@@H](O[C@H]2OC(COC(C)=O)[C@@H](OC(C)=O)C(OC(C)=O)C2OC(C)=O)C(OC(C)=O)C1OC(C)=O. The molecule has 0 spiro atoms. The summed E-state index contributed by atoms with van der Waals surface area (Å²) in [4.78, 5) is 84.6. The summed E-state index contributed by atoms with van der Waals surface area (Å²) in [6.45, 7) is 9.85. The quantitative estimate of drug-likeness (QED) is 0.132. The van der Waals surface area contributed by atoms with Crippen molar-refractivity contribution in [3.8, 4) is 0 Å². The lowest BCUT2D eigenvalue weighted by atomic mass is 9.96. The van der Waals surface area contributed by atoms with Gasteiger partial charge < -0.3 is 52.1 Å². The molecule has 0 bridgehead atoms. The number of hydrogen-bond donors (Lipinski definition) is 0. The maximum absolute atomic E-state index is 12.3. The zero-order valence-electron chi connectivity index (χ0n) is 27.0. The lowest BCUT2D eigenvalue weighted by molar-refractivity contribution is -0.360. The van der Waals surface area contributed by atoms with Crippen LogP contribution in [0.3, 0.4) is 0 Å². The van der Waals surface area contributed by atoms with Crippen LogP contribution in [0.4, 0.5) is 0 Å². The molecule has 2 aliphatic rings. The molecule has 0 amide bonds. The Morgan fingerprint density at radius 3 is 1.30 bits per heavy atom. The van der Waals surface area contributed by atoms with Crippen molar-refractivity contribution in [3.05, 3.63) is 12.7 Å². The first-order chi connectivity index (χ1) is 22.0.